The summed E-state index contributed by atoms with van der Waals surface area (Å²) in [6.45, 7) is 0. The first-order valence-corrected chi connectivity index (χ1v) is 5.71. The van der Waals surface area contributed by atoms with Gasteiger partial charge in [-0.15, -0.1) is 0 Å². The van der Waals surface area contributed by atoms with Crippen LogP contribution in [0.3, 0.4) is 0 Å². The summed E-state index contributed by atoms with van der Waals surface area (Å²) in [5, 5.41) is 13.2. The Morgan fingerprint density at radius 1 is 1.15 bits per heavy atom. The number of hydrogen-bond donors (Lipinski definition) is 1. The number of carbonyl (C=O) groups excluding carboxylic acids is 2. The van der Waals surface area contributed by atoms with Gasteiger partial charge in [-0.05, 0) is 30.3 Å². The molecule has 0 heterocycles. The number of hydrogen-bond acceptors (Lipinski definition) is 4. The SMILES string of the molecule is O=Cc1ccc(NC(=O)c2cccc([N+](=O)[O-])c2)cc1. The molecule has 0 atom stereocenters. The molecule has 0 bridgehead atoms. The van der Waals surface area contributed by atoms with Gasteiger partial charge in [0.25, 0.3) is 11.6 Å². The summed E-state index contributed by atoms with van der Waals surface area (Å²) in [5.74, 6) is -0.451. The predicted molar refractivity (Wildman–Crippen MR) is 72.9 cm³/mol. The number of nitro groups is 1. The van der Waals surface area contributed by atoms with E-state index in [1.54, 1.807) is 24.3 Å². The minimum Gasteiger partial charge on any atom is -0.322 e. The third kappa shape index (κ3) is 3.05. The molecule has 2 rings (SSSR count). The Bertz CT molecular complexity index is 665. The van der Waals surface area contributed by atoms with Gasteiger partial charge in [-0.1, -0.05) is 6.07 Å². The molecule has 6 heteroatoms. The number of amides is 1. The molecule has 0 spiro atoms. The van der Waals surface area contributed by atoms with E-state index < -0.39 is 10.8 Å². The molecule has 0 radical (unpaired) electrons. The third-order valence-electron chi connectivity index (χ3n) is 2.62. The Morgan fingerprint density at radius 3 is 2.45 bits per heavy atom. The van der Waals surface area contributed by atoms with Gasteiger partial charge in [-0.2, -0.15) is 0 Å². The molecule has 2 aromatic carbocycles. The van der Waals surface area contributed by atoms with Crippen LogP contribution in [0.25, 0.3) is 0 Å². The first-order chi connectivity index (χ1) is 9.60. The van der Waals surface area contributed by atoms with Gasteiger partial charge in [0, 0.05) is 28.9 Å². The van der Waals surface area contributed by atoms with E-state index in [1.165, 1.54) is 24.3 Å². The average molecular weight is 270 g/mol. The lowest BCUT2D eigenvalue weighted by molar-refractivity contribution is -0.384. The van der Waals surface area contributed by atoms with Crippen molar-refractivity contribution in [1.29, 1.82) is 0 Å². The van der Waals surface area contributed by atoms with Crippen LogP contribution in [0.5, 0.6) is 0 Å². The maximum atomic E-state index is 11.9. The summed E-state index contributed by atoms with van der Waals surface area (Å²) < 4.78 is 0. The highest BCUT2D eigenvalue weighted by molar-refractivity contribution is 6.04. The minimum absolute atomic E-state index is 0.144. The average Bonchev–Trinajstić information content (AvgIpc) is 2.48. The van der Waals surface area contributed by atoms with Crippen molar-refractivity contribution in [3.63, 3.8) is 0 Å². The van der Waals surface area contributed by atoms with Crippen LogP contribution in [0.15, 0.2) is 48.5 Å². The molecule has 0 saturated heterocycles. The number of carbonyl (C=O) groups is 2. The maximum Gasteiger partial charge on any atom is 0.270 e. The van der Waals surface area contributed by atoms with Gasteiger partial charge < -0.3 is 5.32 Å². The molecule has 0 fully saturated rings. The Morgan fingerprint density at radius 2 is 1.85 bits per heavy atom. The molecule has 1 N–H and O–H groups in total. The molecule has 0 aliphatic rings. The van der Waals surface area contributed by atoms with Gasteiger partial charge >= 0.3 is 0 Å². The zero-order valence-corrected chi connectivity index (χ0v) is 10.3. The highest BCUT2D eigenvalue weighted by Crippen LogP contribution is 2.15. The Balaban J connectivity index is 2.16. The van der Waals surface area contributed by atoms with E-state index in [1.807, 2.05) is 0 Å². The van der Waals surface area contributed by atoms with E-state index in [0.717, 1.165) is 0 Å². The van der Waals surface area contributed by atoms with Crippen molar-refractivity contribution in [2.75, 3.05) is 5.32 Å². The standard InChI is InChI=1S/C14H10N2O4/c17-9-10-4-6-12(7-5-10)15-14(18)11-2-1-3-13(8-11)16(19)20/h1-9H,(H,15,18). The summed E-state index contributed by atoms with van der Waals surface area (Å²) in [4.78, 5) is 32.5. The summed E-state index contributed by atoms with van der Waals surface area (Å²) in [7, 11) is 0. The van der Waals surface area contributed by atoms with Crippen LogP contribution in [0.1, 0.15) is 20.7 Å². The third-order valence-corrected chi connectivity index (χ3v) is 2.62. The fraction of sp³-hybridized carbons (Fsp3) is 0. The molecule has 100 valence electrons. The van der Waals surface area contributed by atoms with Gasteiger partial charge in [-0.3, -0.25) is 19.7 Å². The molecule has 0 aromatic heterocycles. The first kappa shape index (κ1) is 13.4. The highest BCUT2D eigenvalue weighted by Gasteiger charge is 2.11. The molecule has 6 nitrogen and oxygen atoms in total. The quantitative estimate of drug-likeness (QED) is 0.525. The molecule has 0 saturated carbocycles. The van der Waals surface area contributed by atoms with Crippen molar-refractivity contribution in [2.45, 2.75) is 0 Å². The fourth-order valence-corrected chi connectivity index (χ4v) is 1.61. The van der Waals surface area contributed by atoms with Crippen LogP contribution in [0.4, 0.5) is 11.4 Å². The Labute approximate surface area is 114 Å². The molecule has 20 heavy (non-hydrogen) atoms. The fourth-order valence-electron chi connectivity index (χ4n) is 1.61. The van der Waals surface area contributed by atoms with Crippen molar-refractivity contribution in [3.05, 3.63) is 69.8 Å². The second-order valence-corrected chi connectivity index (χ2v) is 4.00. The van der Waals surface area contributed by atoms with Crippen molar-refractivity contribution in [3.8, 4) is 0 Å². The Kier molecular flexibility index (Phi) is 3.85. The van der Waals surface area contributed by atoms with Crippen molar-refractivity contribution < 1.29 is 14.5 Å². The molecule has 0 unspecified atom stereocenters. The van der Waals surface area contributed by atoms with Crippen molar-refractivity contribution >= 4 is 23.6 Å². The number of rotatable bonds is 4. The number of benzene rings is 2. The monoisotopic (exact) mass is 270 g/mol. The zero-order chi connectivity index (χ0) is 14.5. The number of aldehydes is 1. The number of nitrogens with one attached hydrogen (secondary N) is 1. The molecule has 0 aliphatic heterocycles. The van der Waals surface area contributed by atoms with Crippen LogP contribution in [0, 0.1) is 10.1 Å². The highest BCUT2D eigenvalue weighted by atomic mass is 16.6. The van der Waals surface area contributed by atoms with Gasteiger partial charge in [0.1, 0.15) is 6.29 Å². The number of nitro benzene ring substituents is 1. The summed E-state index contributed by atoms with van der Waals surface area (Å²) in [5.41, 5.74) is 1.05. The molecular weight excluding hydrogens is 260 g/mol. The normalized spacial score (nSPS) is 9.80. The van der Waals surface area contributed by atoms with Crippen LogP contribution in [0.2, 0.25) is 0 Å². The van der Waals surface area contributed by atoms with Crippen LogP contribution < -0.4 is 5.32 Å². The lowest BCUT2D eigenvalue weighted by Gasteiger charge is -2.05. The summed E-state index contributed by atoms with van der Waals surface area (Å²) in [6.07, 6.45) is 0.701. The van der Waals surface area contributed by atoms with Crippen molar-refractivity contribution in [2.24, 2.45) is 0 Å². The van der Waals surface area contributed by atoms with E-state index in [9.17, 15) is 19.7 Å². The number of nitrogens with zero attached hydrogens (tertiary/aromatic N) is 1. The van der Waals surface area contributed by atoms with E-state index in [-0.39, 0.29) is 11.3 Å². The topological polar surface area (TPSA) is 89.3 Å². The first-order valence-electron chi connectivity index (χ1n) is 5.71. The van der Waals surface area contributed by atoms with E-state index in [0.29, 0.717) is 17.5 Å². The summed E-state index contributed by atoms with van der Waals surface area (Å²) >= 11 is 0. The van der Waals surface area contributed by atoms with Crippen LogP contribution >= 0.6 is 0 Å². The van der Waals surface area contributed by atoms with E-state index in [2.05, 4.69) is 5.32 Å². The van der Waals surface area contributed by atoms with Crippen molar-refractivity contribution in [1.82, 2.24) is 0 Å². The Hall–Kier alpha value is -3.02. The smallest absolute Gasteiger partial charge is 0.270 e. The lowest BCUT2D eigenvalue weighted by Crippen LogP contribution is -2.12. The number of non-ortho nitro benzene ring substituents is 1. The maximum absolute atomic E-state index is 11.9. The van der Waals surface area contributed by atoms with Crippen LogP contribution in [-0.2, 0) is 0 Å². The number of anilines is 1. The van der Waals surface area contributed by atoms with Crippen LogP contribution in [-0.4, -0.2) is 17.1 Å². The zero-order valence-electron chi connectivity index (χ0n) is 10.3. The van der Waals surface area contributed by atoms with E-state index in [4.69, 9.17) is 0 Å². The molecular formula is C14H10N2O4. The minimum atomic E-state index is -0.560. The lowest BCUT2D eigenvalue weighted by atomic mass is 10.1. The summed E-state index contributed by atoms with van der Waals surface area (Å²) in [6, 6.07) is 11.7. The second kappa shape index (κ2) is 5.75. The van der Waals surface area contributed by atoms with Gasteiger partial charge in [0.2, 0.25) is 0 Å². The van der Waals surface area contributed by atoms with Gasteiger partial charge in [-0.25, -0.2) is 0 Å². The molecule has 2 aromatic rings. The molecule has 0 aliphatic carbocycles. The van der Waals surface area contributed by atoms with Gasteiger partial charge in [0.05, 0.1) is 4.92 Å². The predicted octanol–water partition coefficient (Wildman–Crippen LogP) is 2.66. The van der Waals surface area contributed by atoms with Gasteiger partial charge in [0.15, 0.2) is 0 Å². The molecule has 1 amide bonds. The second-order valence-electron chi connectivity index (χ2n) is 4.00. The van der Waals surface area contributed by atoms with E-state index >= 15 is 0 Å². The largest absolute Gasteiger partial charge is 0.322 e.